The number of alkyl halides is 2. The normalized spacial score (nSPS) is 14.4. The van der Waals surface area contributed by atoms with Crippen LogP contribution in [0.15, 0.2) is 48.8 Å². The summed E-state index contributed by atoms with van der Waals surface area (Å²) in [6.45, 7) is 1.16. The molecular weight excluding hydrogens is 541 g/mol. The summed E-state index contributed by atoms with van der Waals surface area (Å²) >= 11 is 12.8. The average molecular weight is 563 g/mol. The van der Waals surface area contributed by atoms with Crippen molar-refractivity contribution < 1.29 is 28.2 Å². The summed E-state index contributed by atoms with van der Waals surface area (Å²) in [5, 5.41) is 9.32. The van der Waals surface area contributed by atoms with E-state index in [0.717, 1.165) is 18.4 Å². The van der Waals surface area contributed by atoms with E-state index in [9.17, 15) is 13.6 Å². The molecule has 0 radical (unpaired) electrons. The number of aliphatic carboxylic acids is 1. The summed E-state index contributed by atoms with van der Waals surface area (Å²) in [7, 11) is 0. The maximum atomic E-state index is 14.0. The fraction of sp³-hybridized carbons (Fsp3) is 0.308. The third-order valence-electron chi connectivity index (χ3n) is 6.08. The molecule has 2 aromatic carbocycles. The van der Waals surface area contributed by atoms with Crippen molar-refractivity contribution in [3.8, 4) is 23.0 Å². The summed E-state index contributed by atoms with van der Waals surface area (Å²) in [5.41, 5.74) is 1.86. The van der Waals surface area contributed by atoms with Crippen LogP contribution in [0, 0.1) is 0 Å². The summed E-state index contributed by atoms with van der Waals surface area (Å²) in [5.74, 6) is -4.53. The number of ether oxygens (including phenoxy) is 2. The predicted octanol–water partition coefficient (Wildman–Crippen LogP) is 6.27. The lowest BCUT2D eigenvalue weighted by atomic mass is 10.1. The molecule has 0 amide bonds. The number of benzene rings is 2. The lowest BCUT2D eigenvalue weighted by Gasteiger charge is -2.17. The van der Waals surface area contributed by atoms with Crippen molar-refractivity contribution in [1.29, 1.82) is 0 Å². The first kappa shape index (κ1) is 26.1. The van der Waals surface area contributed by atoms with Crippen molar-refractivity contribution in [2.24, 2.45) is 0 Å². The van der Waals surface area contributed by atoms with Gasteiger partial charge < -0.3 is 19.1 Å². The van der Waals surface area contributed by atoms with Crippen LogP contribution in [0.2, 0.25) is 10.0 Å². The van der Waals surface area contributed by atoms with Crippen LogP contribution in [0.1, 0.15) is 31.7 Å². The topological polar surface area (TPSA) is 99.4 Å². The molecule has 12 heteroatoms. The van der Waals surface area contributed by atoms with Gasteiger partial charge in [0.1, 0.15) is 29.9 Å². The number of carbonyl (C=O) groups is 1. The Balaban J connectivity index is 1.58. The summed E-state index contributed by atoms with van der Waals surface area (Å²) in [6.07, 6.45) is 1.83. The molecule has 1 saturated carbocycles. The van der Waals surface area contributed by atoms with E-state index in [1.54, 1.807) is 18.2 Å². The Morgan fingerprint density at radius 1 is 1.18 bits per heavy atom. The first-order valence-corrected chi connectivity index (χ1v) is 12.5. The molecule has 1 fully saturated rings. The van der Waals surface area contributed by atoms with Gasteiger partial charge in [0, 0.05) is 10.6 Å². The average Bonchev–Trinajstić information content (AvgIpc) is 3.46. The van der Waals surface area contributed by atoms with Gasteiger partial charge in [-0.3, -0.25) is 4.79 Å². The zero-order valence-electron chi connectivity index (χ0n) is 20.1. The highest BCUT2D eigenvalue weighted by molar-refractivity contribution is 6.34. The van der Waals surface area contributed by atoms with Gasteiger partial charge in [-0.2, -0.15) is 4.98 Å². The Hall–Kier alpha value is -3.50. The van der Waals surface area contributed by atoms with Gasteiger partial charge in [-0.05, 0) is 49.6 Å². The SMILES string of the molecule is CC1(Oc2ncnc3c2nc(-c2cccc(OCC(F)(F)CC(=O)O)c2Cl)n3Cc2cccc(Cl)c2)CC1. The number of nitrogens with zero attached hydrogens (tertiary/aromatic N) is 4. The highest BCUT2D eigenvalue weighted by Crippen LogP contribution is 2.42. The van der Waals surface area contributed by atoms with E-state index in [0.29, 0.717) is 40.0 Å². The zero-order valence-corrected chi connectivity index (χ0v) is 21.6. The zero-order chi connectivity index (χ0) is 27.1. The smallest absolute Gasteiger partial charge is 0.309 e. The molecule has 38 heavy (non-hydrogen) atoms. The number of hydrogen-bond acceptors (Lipinski definition) is 6. The molecule has 1 aliphatic carbocycles. The van der Waals surface area contributed by atoms with Crippen LogP contribution in [-0.2, 0) is 11.3 Å². The van der Waals surface area contributed by atoms with Crippen LogP contribution in [0.3, 0.4) is 0 Å². The number of halogens is 4. The summed E-state index contributed by atoms with van der Waals surface area (Å²) < 4.78 is 41.1. The highest BCUT2D eigenvalue weighted by Gasteiger charge is 2.41. The van der Waals surface area contributed by atoms with Crippen molar-refractivity contribution in [3.05, 3.63) is 64.4 Å². The van der Waals surface area contributed by atoms with E-state index in [-0.39, 0.29) is 16.4 Å². The van der Waals surface area contributed by atoms with Crippen molar-refractivity contribution in [2.45, 2.75) is 44.3 Å². The second kappa shape index (κ2) is 9.99. The Morgan fingerprint density at radius 3 is 2.66 bits per heavy atom. The van der Waals surface area contributed by atoms with E-state index >= 15 is 0 Å². The van der Waals surface area contributed by atoms with E-state index in [4.69, 9.17) is 42.8 Å². The Labute approximate surface area is 226 Å². The molecule has 0 spiro atoms. The number of fused-ring (bicyclic) bond motifs is 1. The second-order valence-corrected chi connectivity index (χ2v) is 10.2. The molecule has 5 rings (SSSR count). The molecule has 4 aromatic rings. The van der Waals surface area contributed by atoms with Gasteiger partial charge >= 0.3 is 5.97 Å². The summed E-state index contributed by atoms with van der Waals surface area (Å²) in [4.78, 5) is 24.3. The van der Waals surface area contributed by atoms with Gasteiger partial charge in [-0.25, -0.2) is 18.7 Å². The maximum absolute atomic E-state index is 14.0. The number of imidazole rings is 1. The molecule has 0 bridgehead atoms. The monoisotopic (exact) mass is 562 g/mol. The molecule has 2 heterocycles. The van der Waals surface area contributed by atoms with E-state index in [1.165, 1.54) is 12.4 Å². The minimum atomic E-state index is -3.58. The van der Waals surface area contributed by atoms with E-state index in [2.05, 4.69) is 9.97 Å². The number of hydrogen-bond donors (Lipinski definition) is 1. The molecule has 0 saturated heterocycles. The molecule has 8 nitrogen and oxygen atoms in total. The van der Waals surface area contributed by atoms with Crippen LogP contribution < -0.4 is 9.47 Å². The molecule has 2 aromatic heterocycles. The lowest BCUT2D eigenvalue weighted by molar-refractivity contribution is -0.147. The Kier molecular flexibility index (Phi) is 6.87. The molecule has 0 unspecified atom stereocenters. The van der Waals surface area contributed by atoms with Crippen molar-refractivity contribution in [1.82, 2.24) is 19.5 Å². The van der Waals surface area contributed by atoms with Gasteiger partial charge in [-0.15, -0.1) is 0 Å². The van der Waals surface area contributed by atoms with Gasteiger partial charge in [0.15, 0.2) is 17.8 Å². The standard InChI is InChI=1S/C26H22Cl2F2N4O4/c1-25(8-9-25)38-24-21-23(31-14-32-24)34(12-15-4-2-5-16(27)10-15)22(33-21)17-6-3-7-18(20(17)28)37-13-26(29,30)11-19(35)36/h2-7,10,14H,8-9,11-13H2,1H3,(H,35,36). The minimum absolute atomic E-state index is 0.0332. The number of rotatable bonds is 10. The molecular formula is C26H22Cl2F2N4O4. The van der Waals surface area contributed by atoms with Gasteiger partial charge in [0.05, 0.1) is 11.6 Å². The molecule has 0 atom stereocenters. The van der Waals surface area contributed by atoms with E-state index in [1.807, 2.05) is 29.7 Å². The summed E-state index contributed by atoms with van der Waals surface area (Å²) in [6, 6.07) is 12.0. The van der Waals surface area contributed by atoms with Crippen LogP contribution >= 0.6 is 23.2 Å². The maximum Gasteiger partial charge on any atom is 0.309 e. The Bertz CT molecular complexity index is 1520. The predicted molar refractivity (Wildman–Crippen MR) is 137 cm³/mol. The quantitative estimate of drug-likeness (QED) is 0.243. The van der Waals surface area contributed by atoms with Crippen LogP contribution in [0.4, 0.5) is 8.78 Å². The fourth-order valence-corrected chi connectivity index (χ4v) is 4.40. The number of carboxylic acids is 1. The third kappa shape index (κ3) is 5.66. The van der Waals surface area contributed by atoms with Gasteiger partial charge in [-0.1, -0.05) is 41.4 Å². The molecule has 1 aliphatic rings. The fourth-order valence-electron chi connectivity index (χ4n) is 3.93. The highest BCUT2D eigenvalue weighted by atomic mass is 35.5. The molecule has 198 valence electrons. The molecule has 1 N–H and O–H groups in total. The first-order valence-electron chi connectivity index (χ1n) is 11.7. The van der Waals surface area contributed by atoms with Crippen molar-refractivity contribution in [2.75, 3.05) is 6.61 Å². The Morgan fingerprint density at radius 2 is 1.95 bits per heavy atom. The van der Waals surface area contributed by atoms with Crippen LogP contribution in [0.5, 0.6) is 11.6 Å². The first-order chi connectivity index (χ1) is 18.0. The third-order valence-corrected chi connectivity index (χ3v) is 6.70. The second-order valence-electron chi connectivity index (χ2n) is 9.39. The number of carboxylic acid groups (broad SMARTS) is 1. The molecule has 0 aliphatic heterocycles. The largest absolute Gasteiger partial charge is 0.486 e. The number of aromatic nitrogens is 4. The minimum Gasteiger partial charge on any atom is -0.486 e. The van der Waals surface area contributed by atoms with Gasteiger partial charge in [0.25, 0.3) is 5.92 Å². The van der Waals surface area contributed by atoms with Crippen molar-refractivity contribution >= 4 is 40.3 Å². The van der Waals surface area contributed by atoms with E-state index < -0.39 is 24.9 Å². The van der Waals surface area contributed by atoms with Crippen LogP contribution in [0.25, 0.3) is 22.6 Å². The van der Waals surface area contributed by atoms with Crippen LogP contribution in [-0.4, -0.2) is 48.7 Å². The lowest BCUT2D eigenvalue weighted by Crippen LogP contribution is -2.28. The van der Waals surface area contributed by atoms with Gasteiger partial charge in [0.2, 0.25) is 5.88 Å². The van der Waals surface area contributed by atoms with Crippen molar-refractivity contribution in [3.63, 3.8) is 0 Å².